The normalized spacial score (nSPS) is 16.3. The fourth-order valence-electron chi connectivity index (χ4n) is 3.42. The molecule has 2 aromatic heterocycles. The van der Waals surface area contributed by atoms with E-state index in [0.717, 1.165) is 36.4 Å². The topological polar surface area (TPSA) is 96.8 Å². The molecule has 136 valence electrons. The van der Waals surface area contributed by atoms with Gasteiger partial charge < -0.3 is 5.11 Å². The van der Waals surface area contributed by atoms with Crippen LogP contribution in [0.4, 0.5) is 5.69 Å². The molecule has 1 aliphatic heterocycles. The lowest BCUT2D eigenvalue weighted by Crippen LogP contribution is -2.26. The quantitative estimate of drug-likeness (QED) is 0.545. The van der Waals surface area contributed by atoms with Gasteiger partial charge in [-0.1, -0.05) is 30.4 Å². The van der Waals surface area contributed by atoms with Crippen LogP contribution >= 0.6 is 11.3 Å². The van der Waals surface area contributed by atoms with Gasteiger partial charge in [0, 0.05) is 18.6 Å². The van der Waals surface area contributed by atoms with Crippen LogP contribution in [0.3, 0.4) is 0 Å². The van der Waals surface area contributed by atoms with Crippen molar-refractivity contribution in [2.75, 3.05) is 13.1 Å². The summed E-state index contributed by atoms with van der Waals surface area (Å²) in [6.45, 7) is 3.82. The van der Waals surface area contributed by atoms with Gasteiger partial charge in [0.05, 0.1) is 15.8 Å². The number of hydrogen-bond donors (Lipinski definition) is 1. The van der Waals surface area contributed by atoms with E-state index in [4.69, 9.17) is 0 Å². The molecule has 1 aliphatic rings. The summed E-state index contributed by atoms with van der Waals surface area (Å²) in [5.74, 6) is 0.804. The van der Waals surface area contributed by atoms with Crippen molar-refractivity contribution in [3.05, 3.63) is 50.6 Å². The van der Waals surface area contributed by atoms with E-state index in [2.05, 4.69) is 15.0 Å². The zero-order valence-corrected chi connectivity index (χ0v) is 15.1. The molecule has 8 nitrogen and oxygen atoms in total. The van der Waals surface area contributed by atoms with Crippen LogP contribution in [0.2, 0.25) is 0 Å². The fraction of sp³-hybridized carbons (Fsp3) is 0.412. The van der Waals surface area contributed by atoms with Crippen molar-refractivity contribution in [3.8, 4) is 5.88 Å². The number of benzene rings is 1. The maximum absolute atomic E-state index is 10.9. The number of fused-ring (bicyclic) bond motifs is 1. The molecule has 4 rings (SSSR count). The molecule has 0 aliphatic carbocycles. The van der Waals surface area contributed by atoms with Crippen LogP contribution in [0.25, 0.3) is 4.96 Å². The number of non-ortho nitro benzene ring substituents is 1. The number of aryl methyl sites for hydroxylation is 1. The van der Waals surface area contributed by atoms with E-state index in [-0.39, 0.29) is 17.6 Å². The maximum Gasteiger partial charge on any atom is 0.269 e. The lowest BCUT2D eigenvalue weighted by Gasteiger charge is -2.26. The summed E-state index contributed by atoms with van der Waals surface area (Å²) in [6.07, 6.45) is 2.91. The molecule has 0 amide bonds. The molecule has 1 fully saturated rings. The number of rotatable bonds is 5. The number of aromatic hydroxyl groups is 1. The van der Waals surface area contributed by atoms with E-state index in [1.54, 1.807) is 12.1 Å². The predicted molar refractivity (Wildman–Crippen MR) is 97.7 cm³/mol. The van der Waals surface area contributed by atoms with Crippen LogP contribution < -0.4 is 0 Å². The zero-order valence-electron chi connectivity index (χ0n) is 14.3. The third-order valence-electron chi connectivity index (χ3n) is 4.73. The van der Waals surface area contributed by atoms with Gasteiger partial charge >= 0.3 is 0 Å². The van der Waals surface area contributed by atoms with Crippen LogP contribution in [0.15, 0.2) is 24.3 Å². The number of hydrogen-bond acceptors (Lipinski definition) is 7. The zero-order chi connectivity index (χ0) is 18.3. The second-order valence-corrected chi connectivity index (χ2v) is 7.37. The lowest BCUT2D eigenvalue weighted by atomic mass is 10.0. The molecule has 0 radical (unpaired) electrons. The third kappa shape index (κ3) is 2.82. The molecule has 1 atom stereocenters. The van der Waals surface area contributed by atoms with Crippen molar-refractivity contribution in [1.29, 1.82) is 0 Å². The average Bonchev–Trinajstić information content (AvgIpc) is 3.35. The number of aromatic nitrogens is 3. The molecule has 1 aromatic carbocycles. The SMILES string of the molecule is CCc1nc2sc([C@H](c3ccc([N+](=O)[O-])cc3)N3CCCC3)c(O)n2n1. The highest BCUT2D eigenvalue weighted by Crippen LogP contribution is 2.41. The monoisotopic (exact) mass is 373 g/mol. The van der Waals surface area contributed by atoms with E-state index >= 15 is 0 Å². The molecule has 0 unspecified atom stereocenters. The molecule has 1 N–H and O–H groups in total. The van der Waals surface area contributed by atoms with E-state index in [9.17, 15) is 15.2 Å². The smallest absolute Gasteiger partial charge is 0.269 e. The number of nitro benzene ring substituents is 1. The Labute approximate surface area is 153 Å². The van der Waals surface area contributed by atoms with E-state index in [1.165, 1.54) is 28.0 Å². The molecule has 0 spiro atoms. The first-order valence-corrected chi connectivity index (χ1v) is 9.46. The summed E-state index contributed by atoms with van der Waals surface area (Å²) in [5, 5.41) is 26.1. The number of nitro groups is 1. The summed E-state index contributed by atoms with van der Waals surface area (Å²) in [5.41, 5.74) is 0.987. The van der Waals surface area contributed by atoms with Crippen LogP contribution in [0.1, 0.15) is 42.1 Å². The molecular weight excluding hydrogens is 354 g/mol. The molecular formula is C17H19N5O3S. The lowest BCUT2D eigenvalue weighted by molar-refractivity contribution is -0.384. The first-order valence-electron chi connectivity index (χ1n) is 8.64. The van der Waals surface area contributed by atoms with Crippen molar-refractivity contribution in [1.82, 2.24) is 19.5 Å². The maximum atomic E-state index is 10.9. The Morgan fingerprint density at radius 1 is 1.31 bits per heavy atom. The van der Waals surface area contributed by atoms with Crippen LogP contribution in [0.5, 0.6) is 5.88 Å². The second-order valence-electron chi connectivity index (χ2n) is 6.36. The summed E-state index contributed by atoms with van der Waals surface area (Å²) in [4.78, 5) is 18.7. The highest BCUT2D eigenvalue weighted by molar-refractivity contribution is 7.17. The second kappa shape index (κ2) is 6.65. The number of thiazole rings is 1. The van der Waals surface area contributed by atoms with Gasteiger partial charge in [-0.2, -0.15) is 4.52 Å². The van der Waals surface area contributed by atoms with E-state index in [1.807, 2.05) is 6.92 Å². The fourth-order valence-corrected chi connectivity index (χ4v) is 4.56. The average molecular weight is 373 g/mol. The summed E-state index contributed by atoms with van der Waals surface area (Å²) in [7, 11) is 0. The Kier molecular flexibility index (Phi) is 4.33. The Morgan fingerprint density at radius 3 is 2.58 bits per heavy atom. The van der Waals surface area contributed by atoms with Crippen LogP contribution in [-0.2, 0) is 6.42 Å². The largest absolute Gasteiger partial charge is 0.492 e. The molecule has 26 heavy (non-hydrogen) atoms. The van der Waals surface area contributed by atoms with Crippen LogP contribution in [0, 0.1) is 10.1 Å². The van der Waals surface area contributed by atoms with Gasteiger partial charge in [0.15, 0.2) is 5.82 Å². The highest BCUT2D eigenvalue weighted by Gasteiger charge is 2.31. The van der Waals surface area contributed by atoms with Gasteiger partial charge in [0.1, 0.15) is 0 Å². The molecule has 9 heteroatoms. The Hall–Kier alpha value is -2.52. The van der Waals surface area contributed by atoms with Gasteiger partial charge in [0.2, 0.25) is 10.8 Å². The Bertz CT molecular complexity index is 943. The summed E-state index contributed by atoms with van der Waals surface area (Å²) in [6, 6.07) is 6.42. The molecule has 0 saturated carbocycles. The van der Waals surface area contributed by atoms with Crippen molar-refractivity contribution in [2.45, 2.75) is 32.2 Å². The summed E-state index contributed by atoms with van der Waals surface area (Å²) < 4.78 is 1.49. The Balaban J connectivity index is 1.79. The minimum absolute atomic E-state index is 0.0633. The van der Waals surface area contributed by atoms with Crippen molar-refractivity contribution in [2.24, 2.45) is 0 Å². The third-order valence-corrected chi connectivity index (χ3v) is 5.81. The first kappa shape index (κ1) is 16.9. The van der Waals surface area contributed by atoms with Crippen LogP contribution in [-0.4, -0.2) is 42.6 Å². The van der Waals surface area contributed by atoms with Gasteiger partial charge in [-0.3, -0.25) is 15.0 Å². The van der Waals surface area contributed by atoms with Gasteiger partial charge in [0.25, 0.3) is 5.69 Å². The van der Waals surface area contributed by atoms with Gasteiger partial charge in [-0.25, -0.2) is 4.98 Å². The minimum atomic E-state index is -0.401. The first-order chi connectivity index (χ1) is 12.6. The van der Waals surface area contributed by atoms with Gasteiger partial charge in [-0.05, 0) is 31.5 Å². The Morgan fingerprint density at radius 2 is 2.00 bits per heavy atom. The highest BCUT2D eigenvalue weighted by atomic mass is 32.1. The van der Waals surface area contributed by atoms with Crippen molar-refractivity contribution < 1.29 is 10.0 Å². The van der Waals surface area contributed by atoms with Gasteiger partial charge in [-0.15, -0.1) is 5.10 Å². The van der Waals surface area contributed by atoms with Crippen molar-refractivity contribution in [3.63, 3.8) is 0 Å². The molecule has 3 aromatic rings. The minimum Gasteiger partial charge on any atom is -0.492 e. The predicted octanol–water partition coefficient (Wildman–Crippen LogP) is 3.15. The molecule has 3 heterocycles. The standard InChI is InChI=1S/C17H19N5O3S/c1-2-13-18-17-21(19-13)16(23)15(26-17)14(20-9-3-4-10-20)11-5-7-12(8-6-11)22(24)25/h5-8,14,23H,2-4,9-10H2,1H3/t14-/m0/s1. The number of likely N-dealkylation sites (tertiary alicyclic amines) is 1. The molecule has 1 saturated heterocycles. The summed E-state index contributed by atoms with van der Waals surface area (Å²) >= 11 is 1.42. The van der Waals surface area contributed by atoms with E-state index in [0.29, 0.717) is 17.2 Å². The van der Waals surface area contributed by atoms with E-state index < -0.39 is 4.92 Å². The number of nitrogens with zero attached hydrogens (tertiary/aromatic N) is 5. The van der Waals surface area contributed by atoms with Crippen molar-refractivity contribution >= 4 is 22.0 Å². The molecule has 0 bridgehead atoms.